The van der Waals surface area contributed by atoms with Gasteiger partial charge in [-0.05, 0) is 24.1 Å². The minimum Gasteiger partial charge on any atom is -0.207 e. The standard InChI is InChI=1S/C8H7ClF/c1-2-6-3-4-7(10)5-8(6)9/h2-5H,1H3. The molecule has 0 aliphatic rings. The Kier molecular flexibility index (Phi) is 2.28. The smallest absolute Gasteiger partial charge is 0.124 e. The molecule has 0 aliphatic carbocycles. The Morgan fingerprint density at radius 1 is 1.50 bits per heavy atom. The number of hydrogen-bond donors (Lipinski definition) is 0. The maximum Gasteiger partial charge on any atom is 0.124 e. The molecule has 2 heteroatoms. The molecule has 0 saturated heterocycles. The van der Waals surface area contributed by atoms with Crippen LogP contribution in [0.3, 0.4) is 0 Å². The van der Waals surface area contributed by atoms with Gasteiger partial charge in [-0.1, -0.05) is 24.6 Å². The van der Waals surface area contributed by atoms with E-state index in [1.165, 1.54) is 12.1 Å². The first-order chi connectivity index (χ1) is 4.74. The van der Waals surface area contributed by atoms with Gasteiger partial charge in [0, 0.05) is 5.02 Å². The predicted octanol–water partition coefficient (Wildman–Crippen LogP) is 3.05. The van der Waals surface area contributed by atoms with Crippen LogP contribution >= 0.6 is 11.6 Å². The van der Waals surface area contributed by atoms with Crippen LogP contribution in [0.2, 0.25) is 5.02 Å². The second-order valence-corrected chi connectivity index (χ2v) is 2.36. The molecule has 0 amide bonds. The Balaban J connectivity index is 3.07. The van der Waals surface area contributed by atoms with E-state index in [2.05, 4.69) is 0 Å². The third-order valence-corrected chi connectivity index (χ3v) is 1.60. The van der Waals surface area contributed by atoms with Crippen molar-refractivity contribution in [1.82, 2.24) is 0 Å². The normalized spacial score (nSPS) is 9.90. The fraction of sp³-hybridized carbons (Fsp3) is 0.125. The van der Waals surface area contributed by atoms with Gasteiger partial charge in [0.1, 0.15) is 5.82 Å². The van der Waals surface area contributed by atoms with Gasteiger partial charge >= 0.3 is 0 Å². The van der Waals surface area contributed by atoms with Gasteiger partial charge in [0.05, 0.1) is 0 Å². The lowest BCUT2D eigenvalue weighted by Gasteiger charge is -1.97. The van der Waals surface area contributed by atoms with Crippen molar-refractivity contribution in [2.45, 2.75) is 6.92 Å². The zero-order valence-electron chi connectivity index (χ0n) is 5.57. The fourth-order valence-corrected chi connectivity index (χ4v) is 1.01. The Morgan fingerprint density at radius 2 is 2.20 bits per heavy atom. The first kappa shape index (κ1) is 7.55. The summed E-state index contributed by atoms with van der Waals surface area (Å²) in [4.78, 5) is 0. The van der Waals surface area contributed by atoms with E-state index < -0.39 is 0 Å². The molecule has 0 atom stereocenters. The van der Waals surface area contributed by atoms with Crippen molar-refractivity contribution in [2.75, 3.05) is 0 Å². The van der Waals surface area contributed by atoms with E-state index in [1.807, 2.05) is 13.3 Å². The van der Waals surface area contributed by atoms with E-state index in [0.717, 1.165) is 5.56 Å². The van der Waals surface area contributed by atoms with Crippen LogP contribution in [0.25, 0.3) is 0 Å². The predicted molar refractivity (Wildman–Crippen MR) is 40.5 cm³/mol. The van der Waals surface area contributed by atoms with Crippen LogP contribution in [0.5, 0.6) is 0 Å². The quantitative estimate of drug-likeness (QED) is 0.588. The summed E-state index contributed by atoms with van der Waals surface area (Å²) in [6.45, 7) is 1.86. The van der Waals surface area contributed by atoms with Crippen molar-refractivity contribution in [3.05, 3.63) is 41.0 Å². The average Bonchev–Trinajstić information content (AvgIpc) is 1.88. The highest BCUT2D eigenvalue weighted by molar-refractivity contribution is 6.31. The lowest BCUT2D eigenvalue weighted by molar-refractivity contribution is 0.627. The van der Waals surface area contributed by atoms with E-state index in [1.54, 1.807) is 6.07 Å². The van der Waals surface area contributed by atoms with Crippen molar-refractivity contribution in [3.8, 4) is 0 Å². The Bertz CT molecular complexity index is 233. The van der Waals surface area contributed by atoms with Crippen LogP contribution in [0.15, 0.2) is 18.2 Å². The molecule has 0 heterocycles. The molecule has 0 aromatic heterocycles. The van der Waals surface area contributed by atoms with Gasteiger partial charge in [0.25, 0.3) is 0 Å². The molecule has 1 radical (unpaired) electrons. The van der Waals surface area contributed by atoms with Gasteiger partial charge < -0.3 is 0 Å². The molecular formula is C8H7ClF. The van der Waals surface area contributed by atoms with E-state index >= 15 is 0 Å². The van der Waals surface area contributed by atoms with Crippen molar-refractivity contribution >= 4 is 11.6 Å². The highest BCUT2D eigenvalue weighted by Gasteiger charge is 1.97. The van der Waals surface area contributed by atoms with Crippen molar-refractivity contribution in [1.29, 1.82) is 0 Å². The van der Waals surface area contributed by atoms with Crippen molar-refractivity contribution in [2.24, 2.45) is 0 Å². The monoisotopic (exact) mass is 157 g/mol. The van der Waals surface area contributed by atoms with Gasteiger partial charge in [-0.15, -0.1) is 0 Å². The van der Waals surface area contributed by atoms with Crippen LogP contribution < -0.4 is 0 Å². The second-order valence-electron chi connectivity index (χ2n) is 1.95. The molecule has 53 valence electrons. The molecule has 0 N–H and O–H groups in total. The molecule has 10 heavy (non-hydrogen) atoms. The summed E-state index contributed by atoms with van der Waals surface area (Å²) in [5.41, 5.74) is 0.864. The minimum absolute atomic E-state index is 0.296. The molecule has 1 aromatic rings. The number of rotatable bonds is 1. The molecule has 0 spiro atoms. The summed E-state index contributed by atoms with van der Waals surface area (Å²) >= 11 is 5.66. The molecule has 0 aliphatic heterocycles. The molecule has 1 rings (SSSR count). The first-order valence-corrected chi connectivity index (χ1v) is 3.36. The highest BCUT2D eigenvalue weighted by Crippen LogP contribution is 2.17. The van der Waals surface area contributed by atoms with E-state index in [-0.39, 0.29) is 5.82 Å². The third kappa shape index (κ3) is 1.48. The summed E-state index contributed by atoms with van der Waals surface area (Å²) in [5.74, 6) is -0.296. The number of benzene rings is 1. The maximum atomic E-state index is 12.4. The highest BCUT2D eigenvalue weighted by atomic mass is 35.5. The van der Waals surface area contributed by atoms with Crippen molar-refractivity contribution in [3.63, 3.8) is 0 Å². The van der Waals surface area contributed by atoms with Gasteiger partial charge in [-0.2, -0.15) is 0 Å². The molecule has 0 fully saturated rings. The second kappa shape index (κ2) is 3.02. The molecule has 0 unspecified atom stereocenters. The van der Waals surface area contributed by atoms with Crippen LogP contribution in [-0.2, 0) is 0 Å². The number of halogens is 2. The largest absolute Gasteiger partial charge is 0.207 e. The summed E-state index contributed by atoms with van der Waals surface area (Å²) in [6, 6.07) is 4.34. The fourth-order valence-electron chi connectivity index (χ4n) is 0.736. The van der Waals surface area contributed by atoms with E-state index in [0.29, 0.717) is 5.02 Å². The molecular weight excluding hydrogens is 151 g/mol. The zero-order chi connectivity index (χ0) is 7.56. The van der Waals surface area contributed by atoms with Crippen LogP contribution in [0.1, 0.15) is 12.5 Å². The topological polar surface area (TPSA) is 0 Å². The Morgan fingerprint density at radius 3 is 2.70 bits per heavy atom. The molecule has 0 bridgehead atoms. The van der Waals surface area contributed by atoms with Crippen LogP contribution in [0, 0.1) is 12.2 Å². The molecule has 1 aromatic carbocycles. The van der Waals surface area contributed by atoms with E-state index in [9.17, 15) is 4.39 Å². The van der Waals surface area contributed by atoms with Gasteiger partial charge in [0.15, 0.2) is 0 Å². The zero-order valence-corrected chi connectivity index (χ0v) is 6.32. The lowest BCUT2D eigenvalue weighted by Crippen LogP contribution is -1.80. The maximum absolute atomic E-state index is 12.4. The summed E-state index contributed by atoms with van der Waals surface area (Å²) in [7, 11) is 0. The lowest BCUT2D eigenvalue weighted by atomic mass is 10.2. The summed E-state index contributed by atoms with van der Waals surface area (Å²) in [6.07, 6.45) is 1.84. The van der Waals surface area contributed by atoms with Crippen LogP contribution in [-0.4, -0.2) is 0 Å². The summed E-state index contributed by atoms with van der Waals surface area (Å²) in [5, 5.41) is 0.461. The third-order valence-electron chi connectivity index (χ3n) is 1.27. The average molecular weight is 158 g/mol. The minimum atomic E-state index is -0.296. The number of hydrogen-bond acceptors (Lipinski definition) is 0. The summed E-state index contributed by atoms with van der Waals surface area (Å²) < 4.78 is 12.4. The van der Waals surface area contributed by atoms with E-state index in [4.69, 9.17) is 11.6 Å². The molecule has 0 nitrogen and oxygen atoms in total. The Labute approximate surface area is 64.6 Å². The van der Waals surface area contributed by atoms with Gasteiger partial charge in [0.2, 0.25) is 0 Å². The first-order valence-electron chi connectivity index (χ1n) is 2.98. The Hall–Kier alpha value is -0.560. The van der Waals surface area contributed by atoms with Gasteiger partial charge in [-0.25, -0.2) is 4.39 Å². The SMILES string of the molecule is C[CH]c1ccc(F)cc1Cl. The van der Waals surface area contributed by atoms with Gasteiger partial charge in [-0.3, -0.25) is 0 Å². The molecule has 0 saturated carbocycles. The van der Waals surface area contributed by atoms with Crippen LogP contribution in [0.4, 0.5) is 4.39 Å². The van der Waals surface area contributed by atoms with Crippen molar-refractivity contribution < 1.29 is 4.39 Å².